The lowest BCUT2D eigenvalue weighted by molar-refractivity contribution is -0.174. The van der Waals surface area contributed by atoms with Crippen LogP contribution in [0.15, 0.2) is 0 Å². The zero-order valence-electron chi connectivity index (χ0n) is 78.7. The van der Waals surface area contributed by atoms with Gasteiger partial charge in [-0.15, -0.1) is 0 Å². The van der Waals surface area contributed by atoms with Gasteiger partial charge in [0.2, 0.25) is 0 Å². The molecule has 0 radical (unpaired) electrons. The molecule has 21 rings (SSSR count). The highest BCUT2D eigenvalue weighted by molar-refractivity contribution is 5.17. The van der Waals surface area contributed by atoms with Gasteiger partial charge in [-0.2, -0.15) is 0 Å². The highest BCUT2D eigenvalue weighted by Gasteiger charge is 2.68. The number of hydrogen-bond acceptors (Lipinski definition) is 8. The fourth-order valence-electron chi connectivity index (χ4n) is 39.6. The predicted molar refractivity (Wildman–Crippen MR) is 474 cm³/mol. The lowest BCUT2D eigenvalue weighted by Crippen LogP contribution is -2.57. The quantitative estimate of drug-likeness (QED) is 0.184. The largest absolute Gasteiger partial charge is 0.393 e. The van der Waals surface area contributed by atoms with Crippen molar-refractivity contribution in [2.45, 2.75) is 449 Å². The van der Waals surface area contributed by atoms with Crippen molar-refractivity contribution in [3.63, 3.8) is 0 Å². The minimum Gasteiger partial charge on any atom is -0.393 e. The van der Waals surface area contributed by atoms with Crippen LogP contribution in [0.1, 0.15) is 394 Å². The van der Waals surface area contributed by atoms with E-state index in [4.69, 9.17) is 14.2 Å². The molecule has 0 amide bonds. The minimum absolute atomic E-state index is 0.0185. The molecule has 0 heterocycles. The molecule has 8 heteroatoms. The molecule has 0 aliphatic heterocycles. The third-order valence-corrected chi connectivity index (χ3v) is 48.2. The van der Waals surface area contributed by atoms with Crippen molar-refractivity contribution in [2.75, 3.05) is 14.2 Å². The Labute approximate surface area is 712 Å². The van der Waals surface area contributed by atoms with Gasteiger partial charge in [-0.3, -0.25) is 0 Å². The van der Waals surface area contributed by atoms with Crippen LogP contribution in [0.25, 0.3) is 0 Å². The molecule has 21 fully saturated rings. The van der Waals surface area contributed by atoms with Gasteiger partial charge < -0.3 is 39.7 Å². The highest BCUT2D eigenvalue weighted by Crippen LogP contribution is 2.75. The summed E-state index contributed by atoms with van der Waals surface area (Å²) in [5, 5.41) is 52.4. The summed E-state index contributed by atoms with van der Waals surface area (Å²) >= 11 is 0. The number of fused-ring (bicyclic) bond motifs is 25. The van der Waals surface area contributed by atoms with Gasteiger partial charge in [-0.05, 0) is 484 Å². The third kappa shape index (κ3) is 14.3. The Morgan fingerprint density at radius 2 is 0.491 bits per heavy atom. The maximum Gasteiger partial charge on any atom is 0.0843 e. The Kier molecular flexibility index (Phi) is 24.6. The molecular formula is C108H184O8. The number of rotatable bonds is 5. The summed E-state index contributed by atoms with van der Waals surface area (Å²) in [5.41, 5.74) is 5.37. The summed E-state index contributed by atoms with van der Waals surface area (Å²) in [6.07, 6.45) is 57.7. The summed E-state index contributed by atoms with van der Waals surface area (Å²) in [4.78, 5) is 0. The van der Waals surface area contributed by atoms with E-state index in [9.17, 15) is 25.5 Å². The zero-order chi connectivity index (χ0) is 82.3. The topological polar surface area (TPSA) is 129 Å². The molecule has 45 atom stereocenters. The van der Waals surface area contributed by atoms with Crippen LogP contribution >= 0.6 is 0 Å². The lowest BCUT2D eigenvalue weighted by Gasteiger charge is -2.62. The molecule has 21 aliphatic rings. The van der Waals surface area contributed by atoms with Gasteiger partial charge in [-0.25, -0.2) is 0 Å². The SMILES string of the molecule is CC[C@H]1C[C@@]2(C)[C@@H](CC[C@@H]3[C@@H]2CC[C@]2(C)[C@@H](C)CC[C@@H]32)C[C@@H]1O.CO[C@@H]1C[C@@]2(C)[C@@H](CC[C@@H]3[C@@H]2CC[C@]2(C)[C@@H](C)CC[C@@H]32)C[C@@H]1O.CO[C@H]1C[C@@]2(C)[C@@H](CC[C@@H]3[C@@H]2CC[C@]2(C)[C@@H](C)CC[C@@H]32)C[C@@H]1O.C[C@H]1CC[C@H]2[C@@H]3CC[C@H]4C[C@H](O)[C@@H](OC5CC5)C[C@]4(C)[C@H]3CC[C@]12C.C[C@H]1C[C@@]2(C)[C@@H](CC[C@@H]3[C@@H]2CC[C@]2(C)[C@@H](C)CC[C@@H]32)C[C@@H]1O. The maximum atomic E-state index is 10.7. The van der Waals surface area contributed by atoms with Crippen LogP contribution in [0.3, 0.4) is 0 Å². The minimum atomic E-state index is -0.241. The molecule has 21 aliphatic carbocycles. The van der Waals surface area contributed by atoms with Gasteiger partial charge in [0.05, 0.1) is 54.9 Å². The van der Waals surface area contributed by atoms with E-state index in [2.05, 4.69) is 118 Å². The molecule has 0 unspecified atom stereocenters. The van der Waals surface area contributed by atoms with Gasteiger partial charge in [-0.1, -0.05) is 124 Å². The van der Waals surface area contributed by atoms with Gasteiger partial charge in [0, 0.05) is 14.2 Å². The van der Waals surface area contributed by atoms with Gasteiger partial charge >= 0.3 is 0 Å². The average Bonchev–Trinajstić information content (AvgIpc) is 1.16. The number of ether oxygens (including phenoxy) is 3. The molecule has 0 aromatic rings. The van der Waals surface area contributed by atoms with Crippen LogP contribution < -0.4 is 0 Å². The van der Waals surface area contributed by atoms with Crippen LogP contribution in [-0.2, 0) is 14.2 Å². The summed E-state index contributed by atoms with van der Waals surface area (Å²) in [5.74, 6) is 23.7. The molecule has 21 saturated carbocycles. The Morgan fingerprint density at radius 1 is 0.250 bits per heavy atom. The first-order valence-corrected chi connectivity index (χ1v) is 52.1. The Morgan fingerprint density at radius 3 is 0.767 bits per heavy atom. The Bertz CT molecular complexity index is 3150. The average molecular weight is 1610 g/mol. The number of aliphatic hydroxyl groups excluding tert-OH is 5. The van der Waals surface area contributed by atoms with Crippen molar-refractivity contribution >= 4 is 0 Å². The highest BCUT2D eigenvalue weighted by atomic mass is 16.5. The van der Waals surface area contributed by atoms with E-state index in [1.54, 1.807) is 14.2 Å². The number of methoxy groups -OCH3 is 2. The predicted octanol–water partition coefficient (Wildman–Crippen LogP) is 25.4. The first kappa shape index (κ1) is 87.7. The van der Waals surface area contributed by atoms with E-state index >= 15 is 0 Å². The molecule has 0 spiro atoms. The molecule has 0 saturated heterocycles. The summed E-state index contributed by atoms with van der Waals surface area (Å²) in [6, 6.07) is 0. The standard InChI is InChI=1S/C23H38O2.C22H38O.2C21H36O2.C21H36O/c1-14-4-9-18-17-8-5-15-12-20(24)21(25-16-6-7-16)13-23(15,3)19(17)10-11-22(14,18)2;1-5-15-13-22(4)16(12-20(15)23)7-8-17-18-9-6-14(2)21(18,3)11-10-19(17)22;2*1-13-5-8-16-15-7-6-14-11-18(22)19(23-4)12-21(14,3)17(15)9-10-20(13,16)2;1-13-12-21(4)15(11-19(13)22)6-7-16-17-8-5-14(2)20(17,3)10-9-18(16)21/h14-21,24H,4-13H2,1-3H3;14-20,23H,5-13H2,1-4H3;2*13-19,22H,5-12H2,1-4H3;13-19,22H,5-12H2,1-4H3/t14-,15-,17-,18-,19-,20-,21-,22+,23-;14-,15-,16-,17-,18-,19-,20-,21+,22-;13-,14-,15-,16-,17-,18-,19+,20+,21-;2*13-,14-,15-,16-,17-,18-,19-,20+,21-/m00000/s1. The molecular weight excluding hydrogens is 1430 g/mol. The van der Waals surface area contributed by atoms with E-state index in [-0.39, 0.29) is 48.8 Å². The van der Waals surface area contributed by atoms with Crippen LogP contribution in [0.4, 0.5) is 0 Å². The second-order valence-electron chi connectivity index (χ2n) is 51.5. The van der Waals surface area contributed by atoms with Gasteiger partial charge in [0.15, 0.2) is 0 Å². The lowest BCUT2D eigenvalue weighted by atomic mass is 9.44. The maximum absolute atomic E-state index is 10.7. The molecule has 5 N–H and O–H groups in total. The van der Waals surface area contributed by atoms with E-state index < -0.39 is 0 Å². The van der Waals surface area contributed by atoms with Gasteiger partial charge in [0.25, 0.3) is 0 Å². The van der Waals surface area contributed by atoms with Crippen molar-refractivity contribution in [1.29, 1.82) is 0 Å². The van der Waals surface area contributed by atoms with Crippen molar-refractivity contribution in [1.82, 2.24) is 0 Å². The fourth-order valence-corrected chi connectivity index (χ4v) is 39.6. The Hall–Kier alpha value is -0.320. The molecule has 8 nitrogen and oxygen atoms in total. The van der Waals surface area contributed by atoms with Crippen molar-refractivity contribution < 1.29 is 39.7 Å². The van der Waals surface area contributed by atoms with Crippen LogP contribution in [0.2, 0.25) is 0 Å². The second kappa shape index (κ2) is 32.5. The molecule has 0 bridgehead atoms. The molecule has 0 aromatic heterocycles. The van der Waals surface area contributed by atoms with Crippen molar-refractivity contribution in [3.8, 4) is 0 Å². The molecule has 664 valence electrons. The zero-order valence-corrected chi connectivity index (χ0v) is 78.7. The van der Waals surface area contributed by atoms with Gasteiger partial charge in [0.1, 0.15) is 0 Å². The fraction of sp³-hybridized carbons (Fsp3) is 1.00. The first-order chi connectivity index (χ1) is 55.0. The Balaban J connectivity index is 0.000000104. The summed E-state index contributed by atoms with van der Waals surface area (Å²) in [7, 11) is 3.57. The normalized spacial score (nSPS) is 59.3. The van der Waals surface area contributed by atoms with Crippen LogP contribution in [0, 0.1) is 214 Å². The summed E-state index contributed by atoms with van der Waals surface area (Å²) < 4.78 is 17.6. The second-order valence-corrected chi connectivity index (χ2v) is 51.5. The van der Waals surface area contributed by atoms with E-state index in [0.717, 1.165) is 187 Å². The van der Waals surface area contributed by atoms with E-state index in [1.807, 2.05) is 0 Å². The smallest absolute Gasteiger partial charge is 0.0843 e. The van der Waals surface area contributed by atoms with Crippen LogP contribution in [-0.4, -0.2) is 94.7 Å². The third-order valence-electron chi connectivity index (χ3n) is 48.2. The number of hydrogen-bond donors (Lipinski definition) is 5. The monoisotopic (exact) mass is 1610 g/mol. The summed E-state index contributed by atoms with van der Waals surface area (Å²) in [6.45, 7) is 43.1. The first-order valence-electron chi connectivity index (χ1n) is 52.1. The molecule has 0 aromatic carbocycles. The van der Waals surface area contributed by atoms with Crippen molar-refractivity contribution in [2.24, 2.45) is 214 Å². The van der Waals surface area contributed by atoms with Crippen LogP contribution in [0.5, 0.6) is 0 Å². The van der Waals surface area contributed by atoms with E-state index in [1.165, 1.54) is 225 Å². The van der Waals surface area contributed by atoms with Crippen molar-refractivity contribution in [3.05, 3.63) is 0 Å². The molecule has 116 heavy (non-hydrogen) atoms. The number of aliphatic hydroxyl groups is 5. The van der Waals surface area contributed by atoms with E-state index in [0.29, 0.717) is 83.9 Å².